The highest BCUT2D eigenvalue weighted by Gasteiger charge is 2.17. The fourth-order valence-electron chi connectivity index (χ4n) is 7.31. The lowest BCUT2D eigenvalue weighted by molar-refractivity contribution is 1.07. The van der Waals surface area contributed by atoms with Gasteiger partial charge in [0.05, 0.1) is 16.5 Å². The molecule has 10 aromatic rings. The number of aromatic nitrogens is 4. The number of para-hydroxylation sites is 2. The summed E-state index contributed by atoms with van der Waals surface area (Å²) in [5.74, 6) is 1.76. The topological polar surface area (TPSA) is 43.6 Å². The average molecular weight is 707 g/mol. The van der Waals surface area contributed by atoms with Crippen molar-refractivity contribution in [3.63, 3.8) is 0 Å². The van der Waals surface area contributed by atoms with Gasteiger partial charge in [-0.3, -0.25) is 0 Å². The third-order valence-corrected chi connectivity index (χ3v) is 10.0. The maximum atomic E-state index is 9.14. The summed E-state index contributed by atoms with van der Waals surface area (Å²) < 4.78 is 37.4. The van der Waals surface area contributed by atoms with E-state index in [9.17, 15) is 0 Å². The van der Waals surface area contributed by atoms with E-state index in [1.54, 1.807) is 0 Å². The molecule has 0 unspecified atom stereocenters. The van der Waals surface area contributed by atoms with Crippen molar-refractivity contribution in [1.82, 2.24) is 19.5 Å². The van der Waals surface area contributed by atoms with Crippen molar-refractivity contribution in [2.45, 2.75) is 0 Å². The molecule has 0 radical (unpaired) electrons. The number of rotatable bonds is 7. The highest BCUT2D eigenvalue weighted by Crippen LogP contribution is 2.39. The fraction of sp³-hybridized carbons (Fsp3) is 0. The molecule has 0 bridgehead atoms. The van der Waals surface area contributed by atoms with Gasteiger partial charge in [-0.15, -0.1) is 0 Å². The van der Waals surface area contributed by atoms with Crippen LogP contribution < -0.4 is 0 Å². The van der Waals surface area contributed by atoms with E-state index < -0.39 is 0 Å². The minimum atomic E-state index is -0.266. The Bertz CT molecular complexity index is 3110. The van der Waals surface area contributed by atoms with Crippen molar-refractivity contribution in [3.05, 3.63) is 206 Å². The zero-order valence-electron chi connectivity index (χ0n) is 33.6. The van der Waals surface area contributed by atoms with Crippen molar-refractivity contribution >= 4 is 21.8 Å². The number of benzene rings is 8. The fourth-order valence-corrected chi connectivity index (χ4v) is 7.31. The quantitative estimate of drug-likeness (QED) is 0.166. The Morgan fingerprint density at radius 2 is 0.836 bits per heavy atom. The second kappa shape index (κ2) is 13.8. The molecular weight excluding hydrogens is 669 g/mol. The maximum absolute atomic E-state index is 9.14. The van der Waals surface area contributed by atoms with Gasteiger partial charge in [-0.25, -0.2) is 15.0 Å². The molecule has 10 rings (SSSR count). The van der Waals surface area contributed by atoms with Gasteiger partial charge in [0, 0.05) is 38.7 Å². The van der Waals surface area contributed by atoms with Crippen LogP contribution in [0.5, 0.6) is 0 Å². The normalized spacial score (nSPS) is 12.3. The molecule has 0 fully saturated rings. The Kier molecular flexibility index (Phi) is 7.08. The van der Waals surface area contributed by atoms with Gasteiger partial charge in [0.1, 0.15) is 0 Å². The number of hydrogen-bond acceptors (Lipinski definition) is 3. The smallest absolute Gasteiger partial charge is 0.164 e. The van der Waals surface area contributed by atoms with E-state index >= 15 is 0 Å². The molecule has 258 valence electrons. The summed E-state index contributed by atoms with van der Waals surface area (Å²) in [4.78, 5) is 14.7. The Morgan fingerprint density at radius 1 is 0.364 bits per heavy atom. The van der Waals surface area contributed by atoms with Gasteiger partial charge >= 0.3 is 0 Å². The molecule has 2 heterocycles. The van der Waals surface area contributed by atoms with Crippen LogP contribution in [0.25, 0.3) is 95.0 Å². The molecule has 0 N–H and O–H groups in total. The molecule has 8 aromatic carbocycles. The molecule has 0 saturated heterocycles. The molecule has 4 heteroatoms. The van der Waals surface area contributed by atoms with Crippen molar-refractivity contribution < 1.29 is 5.48 Å². The van der Waals surface area contributed by atoms with Gasteiger partial charge in [0.25, 0.3) is 0 Å². The maximum Gasteiger partial charge on any atom is 0.164 e. The van der Waals surface area contributed by atoms with Crippen LogP contribution in [0.15, 0.2) is 206 Å². The first-order valence-electron chi connectivity index (χ1n) is 20.2. The van der Waals surface area contributed by atoms with Crippen LogP contribution in [0.3, 0.4) is 0 Å². The summed E-state index contributed by atoms with van der Waals surface area (Å²) >= 11 is 0. The van der Waals surface area contributed by atoms with Gasteiger partial charge in [0.2, 0.25) is 0 Å². The van der Waals surface area contributed by atoms with Crippen LogP contribution in [-0.4, -0.2) is 19.5 Å². The van der Waals surface area contributed by atoms with Gasteiger partial charge in [-0.05, 0) is 52.1 Å². The number of nitrogens with zero attached hydrogens (tertiary/aromatic N) is 4. The monoisotopic (exact) mass is 706 g/mol. The van der Waals surface area contributed by atoms with Crippen molar-refractivity contribution in [2.24, 2.45) is 0 Å². The van der Waals surface area contributed by atoms with E-state index in [-0.39, 0.29) is 24.2 Å². The first kappa shape index (κ1) is 28.1. The standard InChI is InChI=1S/C51H34N4/c1-4-14-35(15-5-1)36-26-28-38(29-27-36)44-23-13-24-46-45-22-10-11-25-47(45)55(48(44)46)43-32-30-37(31-33-43)41-20-12-21-42(34-41)51-53-49(39-16-6-2-7-17-39)52-50(54-51)40-18-8-3-9-19-40/h1-34H/i10D,11D,22D,25D. The third-order valence-electron chi connectivity index (χ3n) is 10.0. The second-order valence-corrected chi connectivity index (χ2v) is 13.4. The van der Waals surface area contributed by atoms with Crippen LogP contribution in [0.1, 0.15) is 5.48 Å². The molecule has 0 saturated carbocycles. The highest BCUT2D eigenvalue weighted by molar-refractivity contribution is 6.13. The van der Waals surface area contributed by atoms with Crippen LogP contribution in [0, 0.1) is 0 Å². The van der Waals surface area contributed by atoms with E-state index in [1.165, 1.54) is 0 Å². The van der Waals surface area contributed by atoms with Crippen molar-refractivity contribution in [1.29, 1.82) is 0 Å². The SMILES string of the molecule is [2H]c1c([2H])c([2H])c2c(c1[2H])c1cccc(-c3ccc(-c4ccccc4)cc3)c1n2-c1ccc(-c2cccc(-c3nc(-c4ccccc4)nc(-c4ccccc4)n3)c2)cc1. The first-order chi connectivity index (χ1) is 28.9. The van der Waals surface area contributed by atoms with E-state index in [2.05, 4.69) is 54.6 Å². The summed E-state index contributed by atoms with van der Waals surface area (Å²) in [6.07, 6.45) is 0. The number of hydrogen-bond donors (Lipinski definition) is 0. The Morgan fingerprint density at radius 3 is 1.49 bits per heavy atom. The van der Waals surface area contributed by atoms with Gasteiger partial charge in [-0.1, -0.05) is 182 Å². The number of fused-ring (bicyclic) bond motifs is 3. The Hall–Kier alpha value is -7.43. The lowest BCUT2D eigenvalue weighted by Crippen LogP contribution is -2.00. The van der Waals surface area contributed by atoms with Crippen molar-refractivity contribution in [2.75, 3.05) is 0 Å². The van der Waals surface area contributed by atoms with Gasteiger partial charge < -0.3 is 4.57 Å². The van der Waals surface area contributed by atoms with E-state index in [0.717, 1.165) is 66.7 Å². The van der Waals surface area contributed by atoms with Crippen LogP contribution in [-0.2, 0) is 0 Å². The summed E-state index contributed by atoms with van der Waals surface area (Å²) in [5.41, 5.74) is 10.8. The average Bonchev–Trinajstić information content (AvgIpc) is 3.67. The molecule has 0 spiro atoms. The lowest BCUT2D eigenvalue weighted by atomic mass is 9.98. The summed E-state index contributed by atoms with van der Waals surface area (Å²) in [6.45, 7) is 0. The van der Waals surface area contributed by atoms with Crippen LogP contribution in [0.2, 0.25) is 0 Å². The minimum Gasteiger partial charge on any atom is -0.309 e. The van der Waals surface area contributed by atoms with Crippen LogP contribution in [0.4, 0.5) is 0 Å². The Labute approximate surface area is 325 Å². The minimum absolute atomic E-state index is 0.0565. The molecule has 4 nitrogen and oxygen atoms in total. The second-order valence-electron chi connectivity index (χ2n) is 13.4. The largest absolute Gasteiger partial charge is 0.309 e. The molecule has 0 amide bonds. The molecule has 2 aromatic heterocycles. The predicted molar refractivity (Wildman–Crippen MR) is 227 cm³/mol. The molecule has 0 atom stereocenters. The highest BCUT2D eigenvalue weighted by atomic mass is 15.0. The summed E-state index contributed by atoms with van der Waals surface area (Å²) in [5, 5.41) is 1.25. The van der Waals surface area contributed by atoms with E-state index in [4.69, 9.17) is 20.4 Å². The molecular formula is C51H34N4. The molecule has 55 heavy (non-hydrogen) atoms. The molecule has 0 aliphatic heterocycles. The van der Waals surface area contributed by atoms with E-state index in [0.29, 0.717) is 28.4 Å². The summed E-state index contributed by atoms with van der Waals surface area (Å²) in [7, 11) is 0. The van der Waals surface area contributed by atoms with Crippen LogP contribution >= 0.6 is 0 Å². The lowest BCUT2D eigenvalue weighted by Gasteiger charge is -2.13. The third kappa shape index (κ3) is 6.06. The first-order valence-corrected chi connectivity index (χ1v) is 18.2. The van der Waals surface area contributed by atoms with Gasteiger partial charge in [0.15, 0.2) is 17.5 Å². The van der Waals surface area contributed by atoms with Crippen molar-refractivity contribution in [3.8, 4) is 73.2 Å². The predicted octanol–water partition coefficient (Wildman–Crippen LogP) is 13.0. The summed E-state index contributed by atoms with van der Waals surface area (Å²) in [6, 6.07) is 60.1. The molecule has 0 aliphatic rings. The van der Waals surface area contributed by atoms with E-state index in [1.807, 2.05) is 132 Å². The molecule has 0 aliphatic carbocycles. The zero-order valence-corrected chi connectivity index (χ0v) is 29.6. The zero-order chi connectivity index (χ0) is 40.0. The Balaban J connectivity index is 1.09. The van der Waals surface area contributed by atoms with Gasteiger partial charge in [-0.2, -0.15) is 0 Å².